The zero-order valence-electron chi connectivity index (χ0n) is 32.7. The van der Waals surface area contributed by atoms with Crippen molar-refractivity contribution in [3.8, 4) is 101 Å². The largest absolute Gasteiger partial charge is 0.246 e. The SMILES string of the molecule is c1ccc(-c2nc(-c3ccccc3)nc(-c3ccc(-c4cccc(-c5c(-c6ccccc6)c(-c6ccccc6)nc(-c6ccccc6)c5-c5ccccc5)c4)cc3)n2)cc1. The predicted molar refractivity (Wildman–Crippen MR) is 247 cm³/mol. The van der Waals surface area contributed by atoms with Crippen molar-refractivity contribution < 1.29 is 0 Å². The molecule has 0 fully saturated rings. The summed E-state index contributed by atoms with van der Waals surface area (Å²) in [7, 11) is 0. The molecule has 0 radical (unpaired) electrons. The first-order valence-corrected chi connectivity index (χ1v) is 20.1. The van der Waals surface area contributed by atoms with Crippen LogP contribution in [0.1, 0.15) is 0 Å². The summed E-state index contributed by atoms with van der Waals surface area (Å²) in [5.41, 5.74) is 15.6. The van der Waals surface area contributed by atoms with E-state index >= 15 is 0 Å². The average Bonchev–Trinajstić information content (AvgIpc) is 3.35. The summed E-state index contributed by atoms with van der Waals surface area (Å²) < 4.78 is 0. The Morgan fingerprint density at radius 1 is 0.183 bits per heavy atom. The molecule has 0 atom stereocenters. The van der Waals surface area contributed by atoms with E-state index in [0.717, 1.165) is 83.7 Å². The molecule has 10 aromatic rings. The second-order valence-corrected chi connectivity index (χ2v) is 14.6. The van der Waals surface area contributed by atoms with Crippen molar-refractivity contribution in [3.05, 3.63) is 231 Å². The van der Waals surface area contributed by atoms with Crippen LogP contribution in [0.25, 0.3) is 101 Å². The molecule has 0 saturated heterocycles. The van der Waals surface area contributed by atoms with Gasteiger partial charge in [0.05, 0.1) is 11.4 Å². The van der Waals surface area contributed by atoms with Crippen LogP contribution in [0.5, 0.6) is 0 Å². The van der Waals surface area contributed by atoms with E-state index in [2.05, 4.69) is 170 Å². The second-order valence-electron chi connectivity index (χ2n) is 14.6. The van der Waals surface area contributed by atoms with Gasteiger partial charge in [0, 0.05) is 44.5 Å². The molecule has 8 aromatic carbocycles. The van der Waals surface area contributed by atoms with Crippen molar-refractivity contribution in [2.75, 3.05) is 0 Å². The number of hydrogen-bond donors (Lipinski definition) is 0. The van der Waals surface area contributed by atoms with Gasteiger partial charge in [-0.2, -0.15) is 0 Å². The molecule has 0 spiro atoms. The van der Waals surface area contributed by atoms with Gasteiger partial charge in [-0.05, 0) is 33.9 Å². The third-order valence-electron chi connectivity index (χ3n) is 10.7. The maximum Gasteiger partial charge on any atom is 0.164 e. The minimum atomic E-state index is 0.627. The van der Waals surface area contributed by atoms with Gasteiger partial charge in [-0.3, -0.25) is 0 Å². The molecule has 4 heteroatoms. The highest BCUT2D eigenvalue weighted by Crippen LogP contribution is 2.49. The molecule has 0 aliphatic rings. The Labute approximate surface area is 350 Å². The Morgan fingerprint density at radius 2 is 0.483 bits per heavy atom. The van der Waals surface area contributed by atoms with Crippen LogP contribution in [0.15, 0.2) is 231 Å². The third kappa shape index (κ3) is 7.30. The number of hydrogen-bond acceptors (Lipinski definition) is 4. The molecule has 4 nitrogen and oxygen atoms in total. The monoisotopic (exact) mass is 766 g/mol. The van der Waals surface area contributed by atoms with Gasteiger partial charge < -0.3 is 0 Å². The van der Waals surface area contributed by atoms with Gasteiger partial charge >= 0.3 is 0 Å². The lowest BCUT2D eigenvalue weighted by Gasteiger charge is -2.23. The Balaban J connectivity index is 1.16. The molecule has 0 bridgehead atoms. The van der Waals surface area contributed by atoms with Gasteiger partial charge in [-0.15, -0.1) is 0 Å². The van der Waals surface area contributed by atoms with Gasteiger partial charge in [0.15, 0.2) is 17.5 Å². The minimum Gasteiger partial charge on any atom is -0.246 e. The standard InChI is InChI=1S/C56H38N4/c1-7-20-40(21-8-1)50-49(51(41-22-9-2-10-23-41)53(43-26-13-4-14-27-43)57-52(50)42-24-11-3-12-25-42)48-33-19-32-47(38-48)39-34-36-46(37-35-39)56-59-54(44-28-15-5-16-29-44)58-55(60-56)45-30-17-6-18-31-45/h1-38H. The molecular weight excluding hydrogens is 729 g/mol. The van der Waals surface area contributed by atoms with Crippen LogP contribution >= 0.6 is 0 Å². The molecule has 10 rings (SSSR count). The summed E-state index contributed by atoms with van der Waals surface area (Å²) in [6.07, 6.45) is 0. The van der Waals surface area contributed by atoms with E-state index in [1.54, 1.807) is 0 Å². The van der Waals surface area contributed by atoms with E-state index in [1.165, 1.54) is 0 Å². The second kappa shape index (κ2) is 16.4. The molecule has 0 aliphatic carbocycles. The predicted octanol–water partition coefficient (Wildman–Crippen LogP) is 14.3. The van der Waals surface area contributed by atoms with Gasteiger partial charge in [0.2, 0.25) is 0 Å². The summed E-state index contributed by atoms with van der Waals surface area (Å²) >= 11 is 0. The quantitative estimate of drug-likeness (QED) is 0.147. The van der Waals surface area contributed by atoms with Crippen LogP contribution in [0.3, 0.4) is 0 Å². The summed E-state index contributed by atoms with van der Waals surface area (Å²) in [4.78, 5) is 20.4. The van der Waals surface area contributed by atoms with Crippen LogP contribution in [-0.4, -0.2) is 19.9 Å². The summed E-state index contributed by atoms with van der Waals surface area (Å²) in [6.45, 7) is 0. The van der Waals surface area contributed by atoms with Gasteiger partial charge in [0.1, 0.15) is 0 Å². The third-order valence-corrected chi connectivity index (χ3v) is 10.7. The number of pyridine rings is 1. The van der Waals surface area contributed by atoms with Crippen LogP contribution in [0.4, 0.5) is 0 Å². The summed E-state index contributed by atoms with van der Waals surface area (Å²) in [6, 6.07) is 80.1. The van der Waals surface area contributed by atoms with Crippen molar-refractivity contribution in [1.29, 1.82) is 0 Å². The fourth-order valence-corrected chi connectivity index (χ4v) is 7.86. The molecule has 0 N–H and O–H groups in total. The molecule has 60 heavy (non-hydrogen) atoms. The number of aromatic nitrogens is 4. The first-order chi connectivity index (χ1) is 29.8. The highest BCUT2D eigenvalue weighted by Gasteiger charge is 2.25. The van der Waals surface area contributed by atoms with Crippen LogP contribution < -0.4 is 0 Å². The van der Waals surface area contributed by atoms with E-state index < -0.39 is 0 Å². The highest BCUT2D eigenvalue weighted by molar-refractivity contribution is 6.05. The minimum absolute atomic E-state index is 0.627. The summed E-state index contributed by atoms with van der Waals surface area (Å²) in [5.74, 6) is 1.91. The lowest BCUT2D eigenvalue weighted by molar-refractivity contribution is 1.07. The normalized spacial score (nSPS) is 11.0. The van der Waals surface area contributed by atoms with Crippen molar-refractivity contribution in [1.82, 2.24) is 19.9 Å². The average molecular weight is 767 g/mol. The fraction of sp³-hybridized carbons (Fsp3) is 0. The molecule has 0 amide bonds. The highest BCUT2D eigenvalue weighted by atomic mass is 15.0. The Kier molecular flexibility index (Phi) is 9.92. The van der Waals surface area contributed by atoms with Crippen LogP contribution in [0.2, 0.25) is 0 Å². The first-order valence-electron chi connectivity index (χ1n) is 20.1. The van der Waals surface area contributed by atoms with E-state index in [-0.39, 0.29) is 0 Å². The van der Waals surface area contributed by atoms with Crippen molar-refractivity contribution in [2.24, 2.45) is 0 Å². The van der Waals surface area contributed by atoms with E-state index in [9.17, 15) is 0 Å². The Morgan fingerprint density at radius 3 is 0.883 bits per heavy atom. The topological polar surface area (TPSA) is 51.6 Å². The Hall–Kier alpha value is -8.08. The van der Waals surface area contributed by atoms with Gasteiger partial charge in [-0.1, -0.05) is 224 Å². The molecule has 2 heterocycles. The molecular formula is C56H38N4. The number of rotatable bonds is 9. The van der Waals surface area contributed by atoms with Crippen molar-refractivity contribution >= 4 is 0 Å². The molecule has 0 saturated carbocycles. The van der Waals surface area contributed by atoms with E-state index in [4.69, 9.17) is 19.9 Å². The lowest BCUT2D eigenvalue weighted by Crippen LogP contribution is -2.01. The molecule has 0 unspecified atom stereocenters. The van der Waals surface area contributed by atoms with Gasteiger partial charge in [-0.25, -0.2) is 19.9 Å². The van der Waals surface area contributed by atoms with Gasteiger partial charge in [0.25, 0.3) is 0 Å². The van der Waals surface area contributed by atoms with Crippen molar-refractivity contribution in [3.63, 3.8) is 0 Å². The zero-order valence-corrected chi connectivity index (χ0v) is 32.7. The zero-order chi connectivity index (χ0) is 40.1. The molecule has 2 aromatic heterocycles. The van der Waals surface area contributed by atoms with Crippen molar-refractivity contribution in [2.45, 2.75) is 0 Å². The van der Waals surface area contributed by atoms with Crippen LogP contribution in [-0.2, 0) is 0 Å². The Bertz CT molecular complexity index is 2870. The van der Waals surface area contributed by atoms with E-state index in [0.29, 0.717) is 17.5 Å². The first kappa shape index (κ1) is 36.3. The lowest BCUT2D eigenvalue weighted by atomic mass is 9.83. The number of nitrogens with zero attached hydrogens (tertiary/aromatic N) is 4. The maximum atomic E-state index is 5.61. The molecule has 0 aliphatic heterocycles. The van der Waals surface area contributed by atoms with E-state index in [1.807, 2.05) is 60.7 Å². The fourth-order valence-electron chi connectivity index (χ4n) is 7.86. The summed E-state index contributed by atoms with van der Waals surface area (Å²) in [5, 5.41) is 0. The molecule has 282 valence electrons. The maximum absolute atomic E-state index is 5.61. The number of benzene rings is 8. The van der Waals surface area contributed by atoms with Crippen LogP contribution in [0, 0.1) is 0 Å². The smallest absolute Gasteiger partial charge is 0.164 e.